The number of nitrogens with one attached hydrogen (secondary N) is 2. The SMILES string of the molecule is O=C(NCC(O)C(O)c1cccc2[nH]cnc12)OCC1c2ccccc2-c2ccccc21. The molecule has 7 heteroatoms. The third-order valence-electron chi connectivity index (χ3n) is 5.96. The van der Waals surface area contributed by atoms with E-state index in [1.54, 1.807) is 12.1 Å². The van der Waals surface area contributed by atoms with Crippen LogP contribution in [0, 0.1) is 0 Å². The Morgan fingerprint density at radius 1 is 1.00 bits per heavy atom. The summed E-state index contributed by atoms with van der Waals surface area (Å²) >= 11 is 0. The number of aliphatic hydroxyl groups is 2. The molecule has 2 atom stereocenters. The van der Waals surface area contributed by atoms with Gasteiger partial charge in [-0.3, -0.25) is 0 Å². The molecular formula is C25H23N3O4. The summed E-state index contributed by atoms with van der Waals surface area (Å²) in [6.45, 7) is 0.0315. The van der Waals surface area contributed by atoms with Gasteiger partial charge in [0.1, 0.15) is 18.8 Å². The fourth-order valence-corrected chi connectivity index (χ4v) is 4.38. The smallest absolute Gasteiger partial charge is 0.407 e. The summed E-state index contributed by atoms with van der Waals surface area (Å²) in [6.07, 6.45) is -1.52. The summed E-state index contributed by atoms with van der Waals surface area (Å²) in [7, 11) is 0. The molecule has 32 heavy (non-hydrogen) atoms. The van der Waals surface area contributed by atoms with Crippen molar-refractivity contribution in [3.63, 3.8) is 0 Å². The van der Waals surface area contributed by atoms with Gasteiger partial charge in [-0.2, -0.15) is 0 Å². The molecule has 7 nitrogen and oxygen atoms in total. The van der Waals surface area contributed by atoms with Gasteiger partial charge < -0.3 is 25.3 Å². The van der Waals surface area contributed by atoms with E-state index in [1.165, 1.54) is 6.33 Å². The number of aliphatic hydroxyl groups excluding tert-OH is 2. The Balaban J connectivity index is 1.20. The van der Waals surface area contributed by atoms with Crippen molar-refractivity contribution in [3.8, 4) is 11.1 Å². The van der Waals surface area contributed by atoms with E-state index < -0.39 is 18.3 Å². The van der Waals surface area contributed by atoms with Crippen LogP contribution in [0.15, 0.2) is 73.1 Å². The number of H-pyrrole nitrogens is 1. The first kappa shape index (κ1) is 20.2. The number of alkyl carbamates (subject to hydrolysis) is 1. The van der Waals surface area contributed by atoms with Crippen molar-refractivity contribution in [2.45, 2.75) is 18.1 Å². The normalized spacial score (nSPS) is 14.6. The van der Waals surface area contributed by atoms with E-state index in [0.717, 1.165) is 27.8 Å². The van der Waals surface area contributed by atoms with Crippen LogP contribution in [-0.4, -0.2) is 45.5 Å². The Labute approximate surface area is 184 Å². The third kappa shape index (κ3) is 3.62. The number of aromatic nitrogens is 2. The maximum atomic E-state index is 12.3. The number of imidazole rings is 1. The van der Waals surface area contributed by atoms with Crippen LogP contribution in [0.1, 0.15) is 28.7 Å². The van der Waals surface area contributed by atoms with Crippen LogP contribution in [0.2, 0.25) is 0 Å². The largest absolute Gasteiger partial charge is 0.449 e. The summed E-state index contributed by atoms with van der Waals surface area (Å²) in [5.41, 5.74) is 6.41. The Morgan fingerprint density at radius 2 is 1.69 bits per heavy atom. The molecule has 0 saturated heterocycles. The molecule has 0 radical (unpaired) electrons. The Hall–Kier alpha value is -3.68. The predicted molar refractivity (Wildman–Crippen MR) is 120 cm³/mol. The molecule has 1 amide bonds. The van der Waals surface area contributed by atoms with Gasteiger partial charge in [-0.25, -0.2) is 9.78 Å². The summed E-state index contributed by atoms with van der Waals surface area (Å²) in [4.78, 5) is 19.5. The highest BCUT2D eigenvalue weighted by molar-refractivity contribution is 5.79. The number of benzene rings is 3. The first-order valence-corrected chi connectivity index (χ1v) is 10.5. The van der Waals surface area contributed by atoms with Gasteiger partial charge in [0, 0.05) is 18.0 Å². The van der Waals surface area contributed by atoms with Crippen LogP contribution in [-0.2, 0) is 4.74 Å². The quantitative estimate of drug-likeness (QED) is 0.375. The monoisotopic (exact) mass is 429 g/mol. The topological polar surface area (TPSA) is 107 Å². The zero-order valence-electron chi connectivity index (χ0n) is 17.2. The average molecular weight is 429 g/mol. The van der Waals surface area contributed by atoms with Crippen LogP contribution in [0.5, 0.6) is 0 Å². The second kappa shape index (κ2) is 8.45. The second-order valence-electron chi connectivity index (χ2n) is 7.86. The van der Waals surface area contributed by atoms with Crippen LogP contribution in [0.4, 0.5) is 4.79 Å². The van der Waals surface area contributed by atoms with Gasteiger partial charge in [0.05, 0.1) is 17.4 Å². The first-order chi connectivity index (χ1) is 15.6. The van der Waals surface area contributed by atoms with Crippen molar-refractivity contribution in [2.24, 2.45) is 0 Å². The van der Waals surface area contributed by atoms with Gasteiger partial charge in [-0.15, -0.1) is 0 Å². The highest BCUT2D eigenvalue weighted by Crippen LogP contribution is 2.44. The number of ether oxygens (including phenoxy) is 1. The van der Waals surface area contributed by atoms with E-state index in [-0.39, 0.29) is 19.1 Å². The summed E-state index contributed by atoms with van der Waals surface area (Å²) in [5, 5.41) is 23.5. The third-order valence-corrected chi connectivity index (χ3v) is 5.96. The Kier molecular flexibility index (Phi) is 5.34. The van der Waals surface area contributed by atoms with E-state index in [0.29, 0.717) is 11.1 Å². The fourth-order valence-electron chi connectivity index (χ4n) is 4.38. The number of hydrogen-bond acceptors (Lipinski definition) is 5. The molecule has 2 unspecified atom stereocenters. The molecular weight excluding hydrogens is 406 g/mol. The molecule has 0 aliphatic heterocycles. The molecule has 4 aromatic rings. The van der Waals surface area contributed by atoms with Gasteiger partial charge in [0.2, 0.25) is 0 Å². The number of amides is 1. The van der Waals surface area contributed by atoms with Gasteiger partial charge in [0.15, 0.2) is 0 Å². The minimum Gasteiger partial charge on any atom is -0.449 e. The van der Waals surface area contributed by atoms with Crippen LogP contribution in [0.3, 0.4) is 0 Å². The van der Waals surface area contributed by atoms with Crippen molar-refractivity contribution in [3.05, 3.63) is 89.7 Å². The number of fused-ring (bicyclic) bond motifs is 4. The maximum absolute atomic E-state index is 12.3. The summed E-state index contributed by atoms with van der Waals surface area (Å²) < 4.78 is 5.47. The Bertz CT molecular complexity index is 1220. The minimum absolute atomic E-state index is 0.0408. The standard InChI is InChI=1S/C25H23N3O4/c29-22(24(30)19-10-5-11-21-23(19)28-14-27-21)12-26-25(31)32-13-20-17-8-3-1-6-15(17)16-7-2-4-9-18(16)20/h1-11,14,20,22,24,29-30H,12-13H2,(H,26,31)(H,27,28). The fraction of sp³-hybridized carbons (Fsp3) is 0.200. The zero-order valence-corrected chi connectivity index (χ0v) is 17.2. The average Bonchev–Trinajstić information content (AvgIpc) is 3.43. The minimum atomic E-state index is -1.21. The molecule has 1 heterocycles. The molecule has 5 rings (SSSR count). The highest BCUT2D eigenvalue weighted by Gasteiger charge is 2.29. The van der Waals surface area contributed by atoms with E-state index in [9.17, 15) is 15.0 Å². The molecule has 4 N–H and O–H groups in total. The van der Waals surface area contributed by atoms with Gasteiger partial charge >= 0.3 is 6.09 Å². The molecule has 3 aromatic carbocycles. The summed E-state index contributed by atoms with van der Waals surface area (Å²) in [6, 6.07) is 21.5. The van der Waals surface area contributed by atoms with E-state index in [1.807, 2.05) is 30.3 Å². The number of para-hydroxylation sites is 1. The highest BCUT2D eigenvalue weighted by atomic mass is 16.5. The number of carbonyl (C=O) groups is 1. The van der Waals surface area contributed by atoms with Crippen molar-refractivity contribution in [1.82, 2.24) is 15.3 Å². The molecule has 0 bridgehead atoms. The van der Waals surface area contributed by atoms with E-state index >= 15 is 0 Å². The number of carbonyl (C=O) groups excluding carboxylic acids is 1. The molecule has 0 saturated carbocycles. The van der Waals surface area contributed by atoms with Crippen molar-refractivity contribution < 1.29 is 19.7 Å². The number of hydrogen-bond donors (Lipinski definition) is 4. The van der Waals surface area contributed by atoms with Crippen LogP contribution >= 0.6 is 0 Å². The van der Waals surface area contributed by atoms with Crippen molar-refractivity contribution in [1.29, 1.82) is 0 Å². The molecule has 162 valence electrons. The predicted octanol–water partition coefficient (Wildman–Crippen LogP) is 3.50. The molecule has 0 fully saturated rings. The van der Waals surface area contributed by atoms with E-state index in [2.05, 4.69) is 39.6 Å². The van der Waals surface area contributed by atoms with E-state index in [4.69, 9.17) is 4.74 Å². The molecule has 1 aliphatic carbocycles. The molecule has 0 spiro atoms. The van der Waals surface area contributed by atoms with Crippen molar-refractivity contribution in [2.75, 3.05) is 13.2 Å². The lowest BCUT2D eigenvalue weighted by Crippen LogP contribution is -2.36. The van der Waals surface area contributed by atoms with Gasteiger partial charge in [0.25, 0.3) is 0 Å². The van der Waals surface area contributed by atoms with Gasteiger partial charge in [-0.1, -0.05) is 60.7 Å². The first-order valence-electron chi connectivity index (χ1n) is 10.5. The Morgan fingerprint density at radius 3 is 2.41 bits per heavy atom. The molecule has 1 aliphatic rings. The molecule has 1 aromatic heterocycles. The number of aromatic amines is 1. The lowest BCUT2D eigenvalue weighted by Gasteiger charge is -2.19. The van der Waals surface area contributed by atoms with Crippen molar-refractivity contribution >= 4 is 17.1 Å². The zero-order chi connectivity index (χ0) is 22.1. The van der Waals surface area contributed by atoms with Gasteiger partial charge in [-0.05, 0) is 28.3 Å². The summed E-state index contributed by atoms with van der Waals surface area (Å²) in [5.74, 6) is -0.0408. The lowest BCUT2D eigenvalue weighted by atomic mass is 9.98. The van der Waals surface area contributed by atoms with Crippen LogP contribution < -0.4 is 5.32 Å². The van der Waals surface area contributed by atoms with Crippen LogP contribution in [0.25, 0.3) is 22.2 Å². The number of rotatable bonds is 6. The lowest BCUT2D eigenvalue weighted by molar-refractivity contribution is 0.0193. The number of nitrogens with zero attached hydrogens (tertiary/aromatic N) is 1. The second-order valence-corrected chi connectivity index (χ2v) is 7.86. The maximum Gasteiger partial charge on any atom is 0.407 e.